The molecule has 1 aromatic rings. The highest BCUT2D eigenvalue weighted by atomic mass is 127. The molecule has 0 fully saturated rings. The Bertz CT molecular complexity index is 980. The summed E-state index contributed by atoms with van der Waals surface area (Å²) in [4.78, 5) is 1.61. The van der Waals surface area contributed by atoms with E-state index >= 15 is 0 Å². The molecule has 1 heterocycles. The van der Waals surface area contributed by atoms with Crippen molar-refractivity contribution in [2.75, 3.05) is 0 Å². The van der Waals surface area contributed by atoms with E-state index in [9.17, 15) is 61.5 Å². The average molecular weight is 733 g/mol. The smallest absolute Gasteiger partial charge is 0.404 e. The van der Waals surface area contributed by atoms with Gasteiger partial charge in [0.1, 0.15) is 0 Å². The lowest BCUT2D eigenvalue weighted by atomic mass is 10.0. The first-order valence-electron chi connectivity index (χ1n) is 10.2. The number of aromatic amines is 1. The zero-order valence-electron chi connectivity index (χ0n) is 20.2. The van der Waals surface area contributed by atoms with Gasteiger partial charge in [-0.25, -0.2) is 0 Å². The molecule has 20 heteroatoms. The topological polar surface area (TPSA) is 34.2 Å². The van der Waals surface area contributed by atoms with Gasteiger partial charge in [0, 0.05) is 3.57 Å². The third kappa shape index (κ3) is 6.99. The highest BCUT2D eigenvalue weighted by Gasteiger charge is 2.78. The SMILES string of the molecule is C[Si](C)(C)OC(c1cc(I)c(C(O[Si](C)(C)C)C(F)(F)C(F)(F)C(F)(F)F)[nH]1)C(F)(F)C(F)(F)C(F)(F)F. The summed E-state index contributed by atoms with van der Waals surface area (Å²) in [6.45, 7) is 6.62. The summed E-state index contributed by atoms with van der Waals surface area (Å²) in [5.74, 6) is -25.7. The van der Waals surface area contributed by atoms with Crippen LogP contribution in [-0.2, 0) is 8.85 Å². The first-order chi connectivity index (χ1) is 16.3. The predicted molar refractivity (Wildman–Crippen MR) is 120 cm³/mol. The van der Waals surface area contributed by atoms with Crippen LogP contribution in [0.15, 0.2) is 6.07 Å². The summed E-state index contributed by atoms with van der Waals surface area (Å²) >= 11 is 1.02. The Balaban J connectivity index is 3.93. The van der Waals surface area contributed by atoms with Crippen molar-refractivity contribution < 1.29 is 70.3 Å². The van der Waals surface area contributed by atoms with E-state index in [-0.39, 0.29) is 0 Å². The second kappa shape index (κ2) is 10.3. The number of aromatic nitrogens is 1. The van der Waals surface area contributed by atoms with E-state index in [1.807, 2.05) is 0 Å². The molecule has 2 atom stereocenters. The third-order valence-corrected chi connectivity index (χ3v) is 7.29. The minimum Gasteiger partial charge on any atom is -0.404 e. The van der Waals surface area contributed by atoms with Gasteiger partial charge in [0.25, 0.3) is 0 Å². The van der Waals surface area contributed by atoms with Crippen LogP contribution in [0, 0.1) is 3.57 Å². The maximum Gasteiger partial charge on any atom is 0.459 e. The summed E-state index contributed by atoms with van der Waals surface area (Å²) in [6.07, 6.45) is -20.6. The molecule has 0 spiro atoms. The Morgan fingerprint density at radius 2 is 0.947 bits per heavy atom. The zero-order chi connectivity index (χ0) is 30.7. The fourth-order valence-corrected chi connectivity index (χ4v) is 5.57. The molecule has 224 valence electrons. The molecule has 1 N–H and O–H groups in total. The largest absolute Gasteiger partial charge is 0.459 e. The Labute approximate surface area is 223 Å². The Morgan fingerprint density at radius 1 is 0.632 bits per heavy atom. The van der Waals surface area contributed by atoms with Crippen LogP contribution >= 0.6 is 22.6 Å². The Hall–Kier alpha value is -0.616. The van der Waals surface area contributed by atoms with Crippen molar-refractivity contribution in [2.24, 2.45) is 0 Å². The van der Waals surface area contributed by atoms with Crippen LogP contribution in [0.4, 0.5) is 61.5 Å². The van der Waals surface area contributed by atoms with Crippen LogP contribution in [0.1, 0.15) is 23.6 Å². The second-order valence-corrected chi connectivity index (χ2v) is 20.2. The van der Waals surface area contributed by atoms with Gasteiger partial charge in [-0.2, -0.15) is 61.5 Å². The van der Waals surface area contributed by atoms with E-state index in [1.165, 1.54) is 0 Å². The molecule has 38 heavy (non-hydrogen) atoms. The minimum atomic E-state index is -6.82. The van der Waals surface area contributed by atoms with Gasteiger partial charge in [-0.3, -0.25) is 0 Å². The number of nitrogens with one attached hydrogen (secondary N) is 1. The van der Waals surface area contributed by atoms with Crippen LogP contribution in [0.3, 0.4) is 0 Å². The van der Waals surface area contributed by atoms with E-state index in [4.69, 9.17) is 8.85 Å². The van der Waals surface area contributed by atoms with Gasteiger partial charge in [0.15, 0.2) is 28.8 Å². The highest BCUT2D eigenvalue weighted by Crippen LogP contribution is 2.56. The minimum absolute atomic E-state index is 0.309. The molecule has 0 saturated carbocycles. The first kappa shape index (κ1) is 35.4. The molecular formula is C18H22F14INO2Si2. The molecule has 1 aromatic heterocycles. The summed E-state index contributed by atoms with van der Waals surface area (Å²) < 4.78 is 201. The van der Waals surface area contributed by atoms with Crippen LogP contribution in [-0.4, -0.2) is 57.7 Å². The van der Waals surface area contributed by atoms with Crippen LogP contribution < -0.4 is 0 Å². The van der Waals surface area contributed by atoms with Gasteiger partial charge < -0.3 is 13.8 Å². The molecular weight excluding hydrogens is 711 g/mol. The van der Waals surface area contributed by atoms with Gasteiger partial charge in [-0.05, 0) is 67.9 Å². The fourth-order valence-electron chi connectivity index (χ4n) is 2.86. The van der Waals surface area contributed by atoms with Crippen molar-refractivity contribution >= 4 is 39.2 Å². The van der Waals surface area contributed by atoms with E-state index in [2.05, 4.69) is 0 Å². The van der Waals surface area contributed by atoms with E-state index < -0.39 is 79.8 Å². The van der Waals surface area contributed by atoms with E-state index in [0.717, 1.165) is 61.9 Å². The molecule has 0 amide bonds. The van der Waals surface area contributed by atoms with Crippen molar-refractivity contribution in [3.63, 3.8) is 0 Å². The molecule has 3 nitrogen and oxygen atoms in total. The maximum atomic E-state index is 14.8. The molecule has 0 aliphatic heterocycles. The Kier molecular flexibility index (Phi) is 9.63. The molecule has 1 rings (SSSR count). The molecule has 0 aliphatic carbocycles. The monoisotopic (exact) mass is 733 g/mol. The predicted octanol–water partition coefficient (Wildman–Crippen LogP) is 9.07. The Morgan fingerprint density at radius 3 is 1.26 bits per heavy atom. The fraction of sp³-hybridized carbons (Fsp3) is 0.778. The number of halogens is 15. The number of alkyl halides is 14. The normalized spacial score (nSPS) is 17.1. The number of H-pyrrole nitrogens is 1. The highest BCUT2D eigenvalue weighted by molar-refractivity contribution is 14.1. The molecule has 0 radical (unpaired) electrons. The van der Waals surface area contributed by atoms with E-state index in [1.54, 1.807) is 4.98 Å². The number of hydrogen-bond donors (Lipinski definition) is 1. The van der Waals surface area contributed by atoms with Gasteiger partial charge in [-0.15, -0.1) is 0 Å². The summed E-state index contributed by atoms with van der Waals surface area (Å²) in [5.41, 5.74) is -2.79. The summed E-state index contributed by atoms with van der Waals surface area (Å²) in [6, 6.07) is 0.309. The first-order valence-corrected chi connectivity index (χ1v) is 18.1. The summed E-state index contributed by atoms with van der Waals surface area (Å²) in [7, 11) is -6.93. The zero-order valence-corrected chi connectivity index (χ0v) is 24.4. The molecule has 0 aliphatic rings. The molecule has 0 saturated heterocycles. The van der Waals surface area contributed by atoms with Crippen molar-refractivity contribution in [3.8, 4) is 0 Å². The lowest BCUT2D eigenvalue weighted by molar-refractivity contribution is -0.371. The third-order valence-electron chi connectivity index (χ3n) is 4.51. The average Bonchev–Trinajstić information content (AvgIpc) is 3.01. The molecule has 0 aromatic carbocycles. The van der Waals surface area contributed by atoms with Crippen molar-refractivity contribution in [3.05, 3.63) is 21.0 Å². The summed E-state index contributed by atoms with van der Waals surface area (Å²) in [5, 5.41) is 0. The molecule has 2 unspecified atom stereocenters. The van der Waals surface area contributed by atoms with Gasteiger partial charge in [0.2, 0.25) is 0 Å². The van der Waals surface area contributed by atoms with Gasteiger partial charge >= 0.3 is 36.0 Å². The van der Waals surface area contributed by atoms with Gasteiger partial charge in [0.05, 0.1) is 11.4 Å². The van der Waals surface area contributed by atoms with Gasteiger partial charge in [-0.1, -0.05) is 0 Å². The second-order valence-electron chi connectivity index (χ2n) is 10.1. The van der Waals surface area contributed by atoms with Crippen LogP contribution in [0.25, 0.3) is 0 Å². The number of rotatable bonds is 10. The lowest BCUT2D eigenvalue weighted by Crippen LogP contribution is -2.57. The van der Waals surface area contributed by atoms with Crippen molar-refractivity contribution in [1.29, 1.82) is 0 Å². The van der Waals surface area contributed by atoms with Crippen LogP contribution in [0.2, 0.25) is 39.3 Å². The number of hydrogen-bond acceptors (Lipinski definition) is 2. The van der Waals surface area contributed by atoms with E-state index in [0.29, 0.717) is 6.07 Å². The maximum absolute atomic E-state index is 14.8. The standard InChI is InChI=1S/C18H22F14INO2Si2/c1-37(2,3)35-11(13(19,20)15(23,24)17(27,28)29)9-7-8(33)10(34-9)12(36-38(4,5)6)14(21,22)16(25,26)18(30,31)32/h7,11-12,34H,1-6H3. The molecule has 0 bridgehead atoms. The van der Waals surface area contributed by atoms with Crippen molar-refractivity contribution in [2.45, 2.75) is 87.5 Å². The van der Waals surface area contributed by atoms with Crippen LogP contribution in [0.5, 0.6) is 0 Å². The van der Waals surface area contributed by atoms with Crippen molar-refractivity contribution in [1.82, 2.24) is 4.98 Å². The lowest BCUT2D eigenvalue weighted by Gasteiger charge is -2.37. The quantitative estimate of drug-likeness (QED) is 0.148.